The molecule has 0 saturated heterocycles. The lowest BCUT2D eigenvalue weighted by molar-refractivity contribution is 0.0949. The summed E-state index contributed by atoms with van der Waals surface area (Å²) in [5.74, 6) is 1.44. The van der Waals surface area contributed by atoms with Crippen LogP contribution in [0.3, 0.4) is 0 Å². The molecule has 0 aliphatic carbocycles. The zero-order valence-corrected chi connectivity index (χ0v) is 20.3. The summed E-state index contributed by atoms with van der Waals surface area (Å²) in [6, 6.07) is 22.4. The topological polar surface area (TPSA) is 56.1 Å². The minimum Gasteiger partial charge on any atom is -0.492 e. The first-order chi connectivity index (χ1) is 17.1. The number of ether oxygens (including phenoxy) is 1. The highest BCUT2D eigenvalue weighted by atomic mass is 19.1. The highest BCUT2D eigenvalue weighted by molar-refractivity contribution is 5.94. The van der Waals surface area contributed by atoms with Gasteiger partial charge in [0.2, 0.25) is 0 Å². The number of fused-ring (bicyclic) bond motifs is 1. The van der Waals surface area contributed by atoms with Crippen molar-refractivity contribution in [2.75, 3.05) is 13.2 Å². The molecule has 1 amide bonds. The molecule has 5 nitrogen and oxygen atoms in total. The van der Waals surface area contributed by atoms with Crippen LogP contribution in [-0.2, 0) is 13.0 Å². The van der Waals surface area contributed by atoms with Gasteiger partial charge in [-0.15, -0.1) is 0 Å². The van der Waals surface area contributed by atoms with E-state index >= 15 is 0 Å². The van der Waals surface area contributed by atoms with E-state index in [2.05, 4.69) is 41.9 Å². The number of amides is 1. The first-order valence-corrected chi connectivity index (χ1v) is 12.3. The summed E-state index contributed by atoms with van der Waals surface area (Å²) in [5.41, 5.74) is 3.39. The average molecular weight is 474 g/mol. The van der Waals surface area contributed by atoms with Gasteiger partial charge in [0, 0.05) is 13.0 Å². The maximum Gasteiger partial charge on any atom is 0.254 e. The summed E-state index contributed by atoms with van der Waals surface area (Å²) < 4.78 is 22.0. The van der Waals surface area contributed by atoms with Gasteiger partial charge in [-0.1, -0.05) is 50.2 Å². The number of hydrogen-bond donors (Lipinski definition) is 1. The molecule has 1 N–H and O–H groups in total. The Balaban J connectivity index is 1.35. The zero-order chi connectivity index (χ0) is 24.6. The van der Waals surface area contributed by atoms with Crippen LogP contribution in [0.2, 0.25) is 0 Å². The number of aryl methyl sites for hydroxylation is 1. The van der Waals surface area contributed by atoms with Crippen LogP contribution in [0.1, 0.15) is 54.4 Å². The second kappa shape index (κ2) is 11.6. The molecule has 1 unspecified atom stereocenters. The molecule has 6 heteroatoms. The van der Waals surface area contributed by atoms with Crippen molar-refractivity contribution in [3.05, 3.63) is 95.6 Å². The fraction of sp³-hybridized carbons (Fsp3) is 0.310. The van der Waals surface area contributed by atoms with Gasteiger partial charge in [0.25, 0.3) is 5.91 Å². The van der Waals surface area contributed by atoms with Gasteiger partial charge in [-0.3, -0.25) is 4.79 Å². The molecule has 0 saturated carbocycles. The van der Waals surface area contributed by atoms with E-state index in [1.807, 2.05) is 30.3 Å². The second-order valence-corrected chi connectivity index (χ2v) is 8.73. The Morgan fingerprint density at radius 2 is 1.80 bits per heavy atom. The van der Waals surface area contributed by atoms with E-state index in [4.69, 9.17) is 9.72 Å². The van der Waals surface area contributed by atoms with E-state index in [0.29, 0.717) is 38.5 Å². The quantitative estimate of drug-likeness (QED) is 0.267. The van der Waals surface area contributed by atoms with E-state index in [9.17, 15) is 9.18 Å². The smallest absolute Gasteiger partial charge is 0.254 e. The molecule has 4 aromatic rings. The van der Waals surface area contributed by atoms with Crippen molar-refractivity contribution in [3.63, 3.8) is 0 Å². The Bertz CT molecular complexity index is 1270. The van der Waals surface area contributed by atoms with Crippen molar-refractivity contribution < 1.29 is 13.9 Å². The number of benzene rings is 3. The summed E-state index contributed by atoms with van der Waals surface area (Å²) in [6.07, 6.45) is 2.50. The Morgan fingerprint density at radius 3 is 2.57 bits per heavy atom. The molecular weight excluding hydrogens is 441 g/mol. The molecule has 1 heterocycles. The van der Waals surface area contributed by atoms with Crippen molar-refractivity contribution >= 4 is 16.9 Å². The normalized spacial score (nSPS) is 12.0. The highest BCUT2D eigenvalue weighted by Gasteiger charge is 2.13. The lowest BCUT2D eigenvalue weighted by Gasteiger charge is -2.13. The maximum absolute atomic E-state index is 13.8. The number of nitrogens with one attached hydrogen (secondary N) is 1. The molecule has 0 radical (unpaired) electrons. The van der Waals surface area contributed by atoms with Gasteiger partial charge in [-0.05, 0) is 60.7 Å². The number of carbonyl (C=O) groups is 1. The lowest BCUT2D eigenvalue weighted by Crippen LogP contribution is -2.26. The average Bonchev–Trinajstić information content (AvgIpc) is 3.24. The number of rotatable bonds is 11. The minimum atomic E-state index is -0.513. The molecule has 4 rings (SSSR count). The van der Waals surface area contributed by atoms with Crippen LogP contribution in [0.15, 0.2) is 72.8 Å². The molecule has 0 aliphatic heterocycles. The maximum atomic E-state index is 13.8. The van der Waals surface area contributed by atoms with Crippen molar-refractivity contribution in [1.29, 1.82) is 0 Å². The van der Waals surface area contributed by atoms with Gasteiger partial charge in [-0.2, -0.15) is 0 Å². The van der Waals surface area contributed by atoms with E-state index in [0.717, 1.165) is 29.0 Å². The van der Waals surface area contributed by atoms with Crippen LogP contribution in [0, 0.1) is 5.82 Å². The van der Waals surface area contributed by atoms with E-state index < -0.39 is 11.7 Å². The van der Waals surface area contributed by atoms with Crippen molar-refractivity contribution in [1.82, 2.24) is 14.9 Å². The first-order valence-electron chi connectivity index (χ1n) is 12.3. The number of para-hydroxylation sites is 2. The van der Waals surface area contributed by atoms with Crippen LogP contribution in [0.25, 0.3) is 11.0 Å². The number of nitrogens with zero attached hydrogens (tertiary/aromatic N) is 2. The van der Waals surface area contributed by atoms with Crippen molar-refractivity contribution in [2.24, 2.45) is 0 Å². The Hall–Kier alpha value is -3.67. The van der Waals surface area contributed by atoms with Crippen LogP contribution in [0.5, 0.6) is 5.75 Å². The monoisotopic (exact) mass is 473 g/mol. The molecule has 1 aromatic heterocycles. The van der Waals surface area contributed by atoms with Crippen LogP contribution in [0.4, 0.5) is 4.39 Å². The third kappa shape index (κ3) is 6.07. The van der Waals surface area contributed by atoms with Gasteiger partial charge in [-0.25, -0.2) is 9.37 Å². The molecule has 0 bridgehead atoms. The van der Waals surface area contributed by atoms with Gasteiger partial charge in [0.05, 0.1) is 23.1 Å². The molecule has 1 atom stereocenters. The number of imidazole rings is 1. The molecule has 0 spiro atoms. The predicted molar refractivity (Wildman–Crippen MR) is 137 cm³/mol. The zero-order valence-electron chi connectivity index (χ0n) is 20.3. The highest BCUT2D eigenvalue weighted by Crippen LogP contribution is 2.22. The molecule has 182 valence electrons. The van der Waals surface area contributed by atoms with Crippen LogP contribution in [-0.4, -0.2) is 28.6 Å². The molecule has 0 fully saturated rings. The Kier molecular flexibility index (Phi) is 8.14. The van der Waals surface area contributed by atoms with E-state index in [-0.39, 0.29) is 5.56 Å². The summed E-state index contributed by atoms with van der Waals surface area (Å²) in [5, 5.41) is 2.80. The van der Waals surface area contributed by atoms with Gasteiger partial charge < -0.3 is 14.6 Å². The first kappa shape index (κ1) is 24.5. The molecular formula is C29H32FN3O2. The minimum absolute atomic E-state index is 0.0640. The lowest BCUT2D eigenvalue weighted by atomic mass is 9.99. The fourth-order valence-corrected chi connectivity index (χ4v) is 4.14. The third-order valence-electron chi connectivity index (χ3n) is 6.36. The molecule has 3 aromatic carbocycles. The van der Waals surface area contributed by atoms with Crippen LogP contribution >= 0.6 is 0 Å². The number of carbonyl (C=O) groups excluding carboxylic acids is 1. The summed E-state index contributed by atoms with van der Waals surface area (Å²) in [6.45, 7) is 6.06. The predicted octanol–water partition coefficient (Wildman–Crippen LogP) is 6.13. The Labute approximate surface area is 206 Å². The summed E-state index contributed by atoms with van der Waals surface area (Å²) >= 11 is 0. The van der Waals surface area contributed by atoms with Gasteiger partial charge in [0.1, 0.15) is 24.0 Å². The molecule has 0 aliphatic rings. The Morgan fingerprint density at radius 1 is 1.06 bits per heavy atom. The van der Waals surface area contributed by atoms with E-state index in [1.54, 1.807) is 12.1 Å². The number of halogens is 1. The fourth-order valence-electron chi connectivity index (χ4n) is 4.14. The molecule has 35 heavy (non-hydrogen) atoms. The standard InChI is InChI=1S/C29H32FN3O2/c1-3-21(2)22-14-16-23(17-15-22)35-20-19-33-27-12-7-6-11-26(27)32-28(33)13-8-18-31-29(34)24-9-4-5-10-25(24)30/h4-7,9-12,14-17,21H,3,8,13,18-20H2,1-2H3,(H,31,34). The van der Waals surface area contributed by atoms with Crippen LogP contribution < -0.4 is 10.1 Å². The number of aromatic nitrogens is 2. The van der Waals surface area contributed by atoms with Gasteiger partial charge in [0.15, 0.2) is 0 Å². The van der Waals surface area contributed by atoms with Crippen molar-refractivity contribution in [3.8, 4) is 5.75 Å². The largest absolute Gasteiger partial charge is 0.492 e. The third-order valence-corrected chi connectivity index (χ3v) is 6.36. The SMILES string of the molecule is CCC(C)c1ccc(OCCn2c(CCCNC(=O)c3ccccc3F)nc3ccccc32)cc1. The van der Waals surface area contributed by atoms with Gasteiger partial charge >= 0.3 is 0 Å². The second-order valence-electron chi connectivity index (χ2n) is 8.73. The van der Waals surface area contributed by atoms with E-state index in [1.165, 1.54) is 17.7 Å². The summed E-state index contributed by atoms with van der Waals surface area (Å²) in [7, 11) is 0. The van der Waals surface area contributed by atoms with Crippen molar-refractivity contribution in [2.45, 2.75) is 45.6 Å². The number of hydrogen-bond acceptors (Lipinski definition) is 3. The summed E-state index contributed by atoms with van der Waals surface area (Å²) in [4.78, 5) is 17.0.